The fraction of sp³-hybridized carbons (Fsp3) is 0.500. The molecule has 1 fully saturated rings. The first-order chi connectivity index (χ1) is 11.2. The summed E-state index contributed by atoms with van der Waals surface area (Å²) in [7, 11) is 4.32. The maximum atomic E-state index is 7.03. The van der Waals surface area contributed by atoms with Gasteiger partial charge in [0.2, 0.25) is 6.54 Å². The second-order valence-corrected chi connectivity index (χ2v) is 6.50. The molecule has 5 nitrogen and oxygen atoms in total. The lowest BCUT2D eigenvalue weighted by Crippen LogP contribution is -2.36. The molecule has 0 aliphatic heterocycles. The number of rotatable bonds is 4. The van der Waals surface area contributed by atoms with Crippen molar-refractivity contribution in [2.24, 2.45) is 0 Å². The molecule has 1 heterocycles. The van der Waals surface area contributed by atoms with Crippen molar-refractivity contribution in [1.29, 1.82) is 0 Å². The average molecular weight is 309 g/mol. The van der Waals surface area contributed by atoms with Crippen LogP contribution < -0.4 is 5.32 Å². The van der Waals surface area contributed by atoms with Gasteiger partial charge in [0.25, 0.3) is 0 Å². The molecule has 0 saturated heterocycles. The van der Waals surface area contributed by atoms with Crippen LogP contribution in [0.15, 0.2) is 24.5 Å². The van der Waals surface area contributed by atoms with Gasteiger partial charge in [-0.1, -0.05) is 0 Å². The predicted octanol–water partition coefficient (Wildman–Crippen LogP) is 3.33. The van der Waals surface area contributed by atoms with Crippen LogP contribution in [-0.2, 0) is 6.54 Å². The van der Waals surface area contributed by atoms with Crippen molar-refractivity contribution in [3.05, 3.63) is 41.5 Å². The van der Waals surface area contributed by atoms with Crippen molar-refractivity contribution in [1.82, 2.24) is 14.9 Å². The molecule has 23 heavy (non-hydrogen) atoms. The third-order valence-electron chi connectivity index (χ3n) is 4.73. The number of hydrogen-bond acceptors (Lipinski definition) is 4. The third kappa shape index (κ3) is 3.59. The lowest BCUT2D eigenvalue weighted by Gasteiger charge is -2.33. The van der Waals surface area contributed by atoms with Crippen LogP contribution in [0.25, 0.3) is 15.7 Å². The third-order valence-corrected chi connectivity index (χ3v) is 4.73. The monoisotopic (exact) mass is 309 g/mol. The molecule has 5 heteroatoms. The number of aromatic nitrogens is 2. The normalized spacial score (nSPS) is 21.3. The van der Waals surface area contributed by atoms with Crippen LogP contribution in [0.5, 0.6) is 0 Å². The Morgan fingerprint density at radius 2 is 2.00 bits per heavy atom. The molecular weight excluding hydrogens is 286 g/mol. The highest BCUT2D eigenvalue weighted by atomic mass is 15.1. The van der Waals surface area contributed by atoms with Gasteiger partial charge in [-0.25, -0.2) is 16.5 Å². The SMILES string of the molecule is [C-]#[N+]Cc1ccc2ncnc(NC3CCC(N(C)C)CC3)c2c1. The van der Waals surface area contributed by atoms with Gasteiger partial charge in [0, 0.05) is 23.0 Å². The highest BCUT2D eigenvalue weighted by Gasteiger charge is 2.23. The summed E-state index contributed by atoms with van der Waals surface area (Å²) >= 11 is 0. The summed E-state index contributed by atoms with van der Waals surface area (Å²) in [6, 6.07) is 7.15. The van der Waals surface area contributed by atoms with E-state index < -0.39 is 0 Å². The number of hydrogen-bond donors (Lipinski definition) is 1. The Hall–Kier alpha value is -2.19. The number of fused-ring (bicyclic) bond motifs is 1. The zero-order valence-corrected chi connectivity index (χ0v) is 13.8. The molecule has 1 saturated carbocycles. The van der Waals surface area contributed by atoms with Gasteiger partial charge in [0.15, 0.2) is 0 Å². The molecule has 1 aromatic heterocycles. The van der Waals surface area contributed by atoms with Crippen molar-refractivity contribution >= 4 is 16.7 Å². The fourth-order valence-corrected chi connectivity index (χ4v) is 3.34. The van der Waals surface area contributed by atoms with Gasteiger partial charge in [-0.15, -0.1) is 0 Å². The molecule has 0 amide bonds. The van der Waals surface area contributed by atoms with E-state index >= 15 is 0 Å². The van der Waals surface area contributed by atoms with Crippen molar-refractivity contribution in [3.63, 3.8) is 0 Å². The summed E-state index contributed by atoms with van der Waals surface area (Å²) in [6.07, 6.45) is 6.38. The Balaban J connectivity index is 1.78. The first kappa shape index (κ1) is 15.7. The smallest absolute Gasteiger partial charge is 0.239 e. The number of benzene rings is 1. The summed E-state index contributed by atoms with van der Waals surface area (Å²) in [5.74, 6) is 0.898. The van der Waals surface area contributed by atoms with E-state index in [1.807, 2.05) is 18.2 Å². The largest absolute Gasteiger partial charge is 0.367 e. The summed E-state index contributed by atoms with van der Waals surface area (Å²) < 4.78 is 0. The van der Waals surface area contributed by atoms with Gasteiger partial charge in [0.1, 0.15) is 12.1 Å². The fourth-order valence-electron chi connectivity index (χ4n) is 3.34. The first-order valence-electron chi connectivity index (χ1n) is 8.17. The standard InChI is InChI=1S/C18H23N5/c1-19-11-13-4-9-17-16(10-13)18(21-12-20-17)22-14-5-7-15(8-6-14)23(2)3/h4,9-10,12,14-15H,5-8,11H2,2-3H3,(H,20,21,22). The molecular formula is C18H23N5. The van der Waals surface area contributed by atoms with Crippen LogP contribution in [0.1, 0.15) is 31.2 Å². The Morgan fingerprint density at radius 1 is 1.22 bits per heavy atom. The van der Waals surface area contributed by atoms with E-state index in [4.69, 9.17) is 6.57 Å². The molecule has 2 aromatic rings. The highest BCUT2D eigenvalue weighted by Crippen LogP contribution is 2.27. The lowest BCUT2D eigenvalue weighted by molar-refractivity contribution is 0.221. The van der Waals surface area contributed by atoms with Gasteiger partial charge in [-0.05, 0) is 58.0 Å². The molecule has 1 aromatic carbocycles. The van der Waals surface area contributed by atoms with Crippen molar-refractivity contribution < 1.29 is 0 Å². The van der Waals surface area contributed by atoms with Gasteiger partial charge in [0.05, 0.1) is 5.52 Å². The van der Waals surface area contributed by atoms with E-state index in [1.165, 1.54) is 12.8 Å². The van der Waals surface area contributed by atoms with Crippen molar-refractivity contribution in [2.45, 2.75) is 44.3 Å². The first-order valence-corrected chi connectivity index (χ1v) is 8.17. The topological polar surface area (TPSA) is 45.4 Å². The second-order valence-electron chi connectivity index (χ2n) is 6.50. The van der Waals surface area contributed by atoms with Crippen molar-refractivity contribution in [3.8, 4) is 0 Å². The average Bonchev–Trinajstić information content (AvgIpc) is 2.56. The zero-order valence-electron chi connectivity index (χ0n) is 13.8. The molecule has 0 spiro atoms. The molecule has 0 radical (unpaired) electrons. The Morgan fingerprint density at radius 3 is 2.70 bits per heavy atom. The predicted molar refractivity (Wildman–Crippen MR) is 93.2 cm³/mol. The highest BCUT2D eigenvalue weighted by molar-refractivity contribution is 5.89. The van der Waals surface area contributed by atoms with Crippen LogP contribution in [0.3, 0.4) is 0 Å². The van der Waals surface area contributed by atoms with Gasteiger partial charge in [-0.3, -0.25) is 0 Å². The maximum absolute atomic E-state index is 7.03. The molecule has 1 aliphatic rings. The van der Waals surface area contributed by atoms with E-state index in [0.717, 1.165) is 35.1 Å². The minimum Gasteiger partial charge on any atom is -0.367 e. The molecule has 0 bridgehead atoms. The molecule has 0 atom stereocenters. The van der Waals surface area contributed by atoms with Gasteiger partial charge < -0.3 is 15.1 Å². The van der Waals surface area contributed by atoms with Crippen LogP contribution in [0, 0.1) is 6.57 Å². The molecule has 1 aliphatic carbocycles. The van der Waals surface area contributed by atoms with E-state index in [0.29, 0.717) is 18.6 Å². The Bertz CT molecular complexity index is 711. The summed E-state index contributed by atoms with van der Waals surface area (Å²) in [5.41, 5.74) is 1.94. The molecule has 3 rings (SSSR count). The second kappa shape index (κ2) is 6.93. The van der Waals surface area contributed by atoms with Crippen LogP contribution in [-0.4, -0.2) is 41.0 Å². The quantitative estimate of drug-likeness (QED) is 0.880. The summed E-state index contributed by atoms with van der Waals surface area (Å²) in [5, 5.41) is 4.62. The zero-order chi connectivity index (χ0) is 16.2. The lowest BCUT2D eigenvalue weighted by atomic mass is 9.90. The summed E-state index contributed by atoms with van der Waals surface area (Å²) in [4.78, 5) is 14.6. The molecule has 1 N–H and O–H groups in total. The van der Waals surface area contributed by atoms with Crippen LogP contribution in [0.2, 0.25) is 0 Å². The van der Waals surface area contributed by atoms with E-state index in [-0.39, 0.29) is 0 Å². The van der Waals surface area contributed by atoms with E-state index in [9.17, 15) is 0 Å². The van der Waals surface area contributed by atoms with Gasteiger partial charge >= 0.3 is 0 Å². The van der Waals surface area contributed by atoms with Crippen LogP contribution in [0.4, 0.5) is 5.82 Å². The minimum atomic E-state index is 0.401. The number of anilines is 1. The maximum Gasteiger partial charge on any atom is 0.239 e. The Kier molecular flexibility index (Phi) is 4.73. The van der Waals surface area contributed by atoms with E-state index in [1.54, 1.807) is 6.33 Å². The van der Waals surface area contributed by atoms with Crippen molar-refractivity contribution in [2.75, 3.05) is 19.4 Å². The molecule has 120 valence electrons. The van der Waals surface area contributed by atoms with Gasteiger partial charge in [-0.2, -0.15) is 0 Å². The minimum absolute atomic E-state index is 0.401. The number of nitrogens with zero attached hydrogens (tertiary/aromatic N) is 4. The molecule has 0 unspecified atom stereocenters. The van der Waals surface area contributed by atoms with E-state index in [2.05, 4.69) is 39.1 Å². The summed E-state index contributed by atoms with van der Waals surface area (Å²) in [6.45, 7) is 7.44. The van der Waals surface area contributed by atoms with Crippen LogP contribution >= 0.6 is 0 Å². The Labute approximate surface area is 137 Å². The number of nitrogens with one attached hydrogen (secondary N) is 1.